The summed E-state index contributed by atoms with van der Waals surface area (Å²) in [5.41, 5.74) is 6.04. The van der Waals surface area contributed by atoms with Crippen molar-refractivity contribution in [1.82, 2.24) is 4.90 Å². The number of carbonyl (C=O) groups is 1. The number of nitrogens with zero attached hydrogens (tertiary/aromatic N) is 1. The molecule has 1 aromatic carbocycles. The summed E-state index contributed by atoms with van der Waals surface area (Å²) in [6.45, 7) is 1.37. The lowest BCUT2D eigenvalue weighted by molar-refractivity contribution is -0.121. The van der Waals surface area contributed by atoms with Gasteiger partial charge in [-0.15, -0.1) is 0 Å². The normalized spacial score (nSPS) is 16.8. The van der Waals surface area contributed by atoms with Gasteiger partial charge in [0.15, 0.2) is 0 Å². The Labute approximate surface area is 136 Å². The van der Waals surface area contributed by atoms with E-state index in [-0.39, 0.29) is 5.91 Å². The van der Waals surface area contributed by atoms with Gasteiger partial charge in [0.25, 0.3) is 0 Å². The molecule has 0 saturated heterocycles. The van der Waals surface area contributed by atoms with Gasteiger partial charge in [0.1, 0.15) is 12.4 Å². The molecule has 1 saturated carbocycles. The van der Waals surface area contributed by atoms with E-state index in [2.05, 4.69) is 5.32 Å². The van der Waals surface area contributed by atoms with E-state index in [0.29, 0.717) is 23.1 Å². The van der Waals surface area contributed by atoms with Crippen molar-refractivity contribution in [1.29, 1.82) is 0 Å². The Morgan fingerprint density at radius 2 is 2.09 bits per heavy atom. The number of amides is 1. The second kappa shape index (κ2) is 7.31. The molecular formula is C16H24ClN3O2. The van der Waals surface area contributed by atoms with Crippen molar-refractivity contribution in [2.75, 3.05) is 32.6 Å². The SMILES string of the molecule is CN(C)CCOc1ccc(NC(=O)C2(N)CCCC2)cc1Cl. The van der Waals surface area contributed by atoms with Crippen LogP contribution >= 0.6 is 11.6 Å². The fraction of sp³-hybridized carbons (Fsp3) is 0.562. The fourth-order valence-electron chi connectivity index (χ4n) is 2.52. The average molecular weight is 326 g/mol. The fourth-order valence-corrected chi connectivity index (χ4v) is 2.76. The molecule has 122 valence electrons. The van der Waals surface area contributed by atoms with Crippen molar-refractivity contribution < 1.29 is 9.53 Å². The van der Waals surface area contributed by atoms with Crippen molar-refractivity contribution in [3.63, 3.8) is 0 Å². The van der Waals surface area contributed by atoms with E-state index in [4.69, 9.17) is 22.1 Å². The van der Waals surface area contributed by atoms with Gasteiger partial charge in [-0.25, -0.2) is 0 Å². The molecule has 1 aromatic rings. The van der Waals surface area contributed by atoms with Crippen LogP contribution in [0.1, 0.15) is 25.7 Å². The minimum absolute atomic E-state index is 0.137. The summed E-state index contributed by atoms with van der Waals surface area (Å²) in [6, 6.07) is 5.25. The molecule has 0 unspecified atom stereocenters. The highest BCUT2D eigenvalue weighted by atomic mass is 35.5. The third-order valence-electron chi connectivity index (χ3n) is 3.93. The van der Waals surface area contributed by atoms with Crippen molar-refractivity contribution in [3.05, 3.63) is 23.2 Å². The summed E-state index contributed by atoms with van der Waals surface area (Å²) in [7, 11) is 3.96. The van der Waals surface area contributed by atoms with Gasteiger partial charge in [0, 0.05) is 12.2 Å². The van der Waals surface area contributed by atoms with Crippen LogP contribution in [-0.2, 0) is 4.79 Å². The molecule has 0 spiro atoms. The van der Waals surface area contributed by atoms with Gasteiger partial charge < -0.3 is 20.7 Å². The average Bonchev–Trinajstić information content (AvgIpc) is 2.89. The molecule has 0 bridgehead atoms. The van der Waals surface area contributed by atoms with Gasteiger partial charge in [-0.3, -0.25) is 4.79 Å². The van der Waals surface area contributed by atoms with E-state index in [9.17, 15) is 4.79 Å². The molecular weight excluding hydrogens is 302 g/mol. The van der Waals surface area contributed by atoms with Crippen LogP contribution in [0.2, 0.25) is 5.02 Å². The summed E-state index contributed by atoms with van der Waals surface area (Å²) >= 11 is 6.20. The molecule has 5 nitrogen and oxygen atoms in total. The molecule has 6 heteroatoms. The van der Waals surface area contributed by atoms with E-state index >= 15 is 0 Å². The molecule has 1 fully saturated rings. The third-order valence-corrected chi connectivity index (χ3v) is 4.23. The van der Waals surface area contributed by atoms with Gasteiger partial charge in [-0.1, -0.05) is 24.4 Å². The van der Waals surface area contributed by atoms with Crippen LogP contribution in [0.4, 0.5) is 5.69 Å². The minimum Gasteiger partial charge on any atom is -0.491 e. The first-order valence-corrected chi connectivity index (χ1v) is 7.96. The van der Waals surface area contributed by atoms with E-state index < -0.39 is 5.54 Å². The number of likely N-dealkylation sites (N-methyl/N-ethyl adjacent to an activating group) is 1. The van der Waals surface area contributed by atoms with Crippen LogP contribution in [0.25, 0.3) is 0 Å². The van der Waals surface area contributed by atoms with E-state index in [1.54, 1.807) is 18.2 Å². The number of ether oxygens (including phenoxy) is 1. The van der Waals surface area contributed by atoms with E-state index in [0.717, 1.165) is 32.2 Å². The predicted molar refractivity (Wildman–Crippen MR) is 89.5 cm³/mol. The number of nitrogens with one attached hydrogen (secondary N) is 1. The molecule has 2 rings (SSSR count). The number of anilines is 1. The first-order valence-electron chi connectivity index (χ1n) is 7.58. The topological polar surface area (TPSA) is 67.6 Å². The molecule has 22 heavy (non-hydrogen) atoms. The standard InChI is InChI=1S/C16H24ClN3O2/c1-20(2)9-10-22-14-6-5-12(11-13(14)17)19-15(21)16(18)7-3-4-8-16/h5-6,11H,3-4,7-10,18H2,1-2H3,(H,19,21). The Morgan fingerprint density at radius 3 is 2.68 bits per heavy atom. The number of carbonyl (C=O) groups excluding carboxylic acids is 1. The molecule has 0 aliphatic heterocycles. The van der Waals surface area contributed by atoms with Crippen LogP contribution in [0.5, 0.6) is 5.75 Å². The number of rotatable bonds is 6. The Morgan fingerprint density at radius 1 is 1.41 bits per heavy atom. The smallest absolute Gasteiger partial charge is 0.244 e. The number of nitrogens with two attached hydrogens (primary N) is 1. The van der Waals surface area contributed by atoms with Crippen molar-refractivity contribution in [3.8, 4) is 5.75 Å². The molecule has 0 atom stereocenters. The van der Waals surface area contributed by atoms with Crippen LogP contribution in [0, 0.1) is 0 Å². The summed E-state index contributed by atoms with van der Waals surface area (Å²) in [5, 5.41) is 3.34. The van der Waals surface area contributed by atoms with E-state index in [1.807, 2.05) is 19.0 Å². The maximum absolute atomic E-state index is 12.3. The van der Waals surface area contributed by atoms with Crippen LogP contribution < -0.4 is 15.8 Å². The predicted octanol–water partition coefficient (Wildman–Crippen LogP) is 2.49. The molecule has 3 N–H and O–H groups in total. The zero-order valence-electron chi connectivity index (χ0n) is 13.2. The largest absolute Gasteiger partial charge is 0.491 e. The van der Waals surface area contributed by atoms with E-state index in [1.165, 1.54) is 0 Å². The highest BCUT2D eigenvalue weighted by molar-refractivity contribution is 6.32. The Bertz CT molecular complexity index is 528. The van der Waals surface area contributed by atoms with Crippen molar-refractivity contribution in [2.24, 2.45) is 5.73 Å². The summed E-state index contributed by atoms with van der Waals surface area (Å²) < 4.78 is 5.62. The van der Waals surface area contributed by atoms with Crippen LogP contribution in [-0.4, -0.2) is 43.6 Å². The molecule has 1 aliphatic rings. The lowest BCUT2D eigenvalue weighted by Gasteiger charge is -2.22. The van der Waals surface area contributed by atoms with Gasteiger partial charge in [0.05, 0.1) is 10.6 Å². The molecule has 0 radical (unpaired) electrons. The van der Waals surface area contributed by atoms with Gasteiger partial charge in [-0.2, -0.15) is 0 Å². The van der Waals surface area contributed by atoms with Crippen LogP contribution in [0.3, 0.4) is 0 Å². The summed E-state index contributed by atoms with van der Waals surface area (Å²) in [4.78, 5) is 14.3. The maximum Gasteiger partial charge on any atom is 0.244 e. The summed E-state index contributed by atoms with van der Waals surface area (Å²) in [5.74, 6) is 0.479. The molecule has 1 amide bonds. The minimum atomic E-state index is -0.743. The second-order valence-electron chi connectivity index (χ2n) is 6.11. The quantitative estimate of drug-likeness (QED) is 0.843. The lowest BCUT2D eigenvalue weighted by atomic mass is 9.98. The molecule has 0 heterocycles. The highest BCUT2D eigenvalue weighted by Crippen LogP contribution is 2.31. The first-order chi connectivity index (χ1) is 10.4. The van der Waals surface area contributed by atoms with Gasteiger partial charge >= 0.3 is 0 Å². The van der Waals surface area contributed by atoms with Crippen molar-refractivity contribution in [2.45, 2.75) is 31.2 Å². The summed E-state index contributed by atoms with van der Waals surface area (Å²) in [6.07, 6.45) is 3.48. The number of benzene rings is 1. The monoisotopic (exact) mass is 325 g/mol. The Balaban J connectivity index is 1.95. The third kappa shape index (κ3) is 4.35. The number of hydrogen-bond acceptors (Lipinski definition) is 4. The second-order valence-corrected chi connectivity index (χ2v) is 6.52. The van der Waals surface area contributed by atoms with Gasteiger partial charge in [-0.05, 0) is 45.1 Å². The molecule has 0 aromatic heterocycles. The lowest BCUT2D eigenvalue weighted by Crippen LogP contribution is -2.48. The maximum atomic E-state index is 12.3. The number of hydrogen-bond donors (Lipinski definition) is 2. The number of halogens is 1. The van der Waals surface area contributed by atoms with Crippen molar-refractivity contribution >= 4 is 23.2 Å². The highest BCUT2D eigenvalue weighted by Gasteiger charge is 2.36. The zero-order chi connectivity index (χ0) is 16.2. The van der Waals surface area contributed by atoms with Crippen LogP contribution in [0.15, 0.2) is 18.2 Å². The molecule has 1 aliphatic carbocycles. The van der Waals surface area contributed by atoms with Gasteiger partial charge in [0.2, 0.25) is 5.91 Å². The Hall–Kier alpha value is -1.30. The Kier molecular flexibility index (Phi) is 5.67. The zero-order valence-corrected chi connectivity index (χ0v) is 13.9. The first kappa shape index (κ1) is 17.1.